The maximum absolute atomic E-state index is 12.4. The van der Waals surface area contributed by atoms with Gasteiger partial charge in [0.05, 0.1) is 17.1 Å². The summed E-state index contributed by atoms with van der Waals surface area (Å²) < 4.78 is 1.90. The molecule has 0 bridgehead atoms. The van der Waals surface area contributed by atoms with Gasteiger partial charge in [-0.2, -0.15) is 5.10 Å². The van der Waals surface area contributed by atoms with Crippen LogP contribution in [-0.2, 0) is 0 Å². The maximum Gasteiger partial charge on any atom is 0.254 e. The molecule has 1 aliphatic rings. The number of amides is 1. The standard InChI is InChI=1S/C15H20N4O/c1-9(2)19-14-12(8-16-19)11(15(20)18(3)4)7-13(17-14)10-5-6-10/h7-10H,5-6H2,1-4H3. The zero-order chi connectivity index (χ0) is 14.4. The number of carbonyl (C=O) groups excluding carboxylic acids is 1. The van der Waals surface area contributed by atoms with Crippen molar-refractivity contribution < 1.29 is 4.79 Å². The highest BCUT2D eigenvalue weighted by Crippen LogP contribution is 2.40. The van der Waals surface area contributed by atoms with Crippen molar-refractivity contribution in [1.29, 1.82) is 0 Å². The molecule has 0 atom stereocenters. The van der Waals surface area contributed by atoms with Gasteiger partial charge in [0.25, 0.3) is 5.91 Å². The number of fused-ring (bicyclic) bond motifs is 1. The largest absolute Gasteiger partial charge is 0.345 e. The van der Waals surface area contributed by atoms with Crippen molar-refractivity contribution in [3.63, 3.8) is 0 Å². The first-order valence-corrected chi connectivity index (χ1v) is 7.09. The Bertz CT molecular complexity index is 668. The zero-order valence-electron chi connectivity index (χ0n) is 12.4. The van der Waals surface area contributed by atoms with Gasteiger partial charge in [-0.3, -0.25) is 4.79 Å². The van der Waals surface area contributed by atoms with Crippen LogP contribution in [-0.4, -0.2) is 39.7 Å². The van der Waals surface area contributed by atoms with Crippen LogP contribution in [0.4, 0.5) is 0 Å². The van der Waals surface area contributed by atoms with Crippen molar-refractivity contribution in [2.75, 3.05) is 14.1 Å². The number of aromatic nitrogens is 3. The van der Waals surface area contributed by atoms with E-state index in [0.29, 0.717) is 11.5 Å². The Morgan fingerprint density at radius 1 is 1.40 bits per heavy atom. The van der Waals surface area contributed by atoms with Crippen molar-refractivity contribution >= 4 is 16.9 Å². The molecule has 0 aromatic carbocycles. The van der Waals surface area contributed by atoms with Gasteiger partial charge in [0.15, 0.2) is 5.65 Å². The second-order valence-corrected chi connectivity index (χ2v) is 5.99. The lowest BCUT2D eigenvalue weighted by Gasteiger charge is -2.13. The highest BCUT2D eigenvalue weighted by Gasteiger charge is 2.28. The van der Waals surface area contributed by atoms with Gasteiger partial charge >= 0.3 is 0 Å². The van der Waals surface area contributed by atoms with E-state index in [0.717, 1.165) is 16.7 Å². The molecular weight excluding hydrogens is 252 g/mol. The highest BCUT2D eigenvalue weighted by molar-refractivity contribution is 6.05. The molecule has 2 aromatic heterocycles. The molecule has 0 unspecified atom stereocenters. The summed E-state index contributed by atoms with van der Waals surface area (Å²) in [7, 11) is 3.55. The quantitative estimate of drug-likeness (QED) is 0.863. The highest BCUT2D eigenvalue weighted by atomic mass is 16.2. The van der Waals surface area contributed by atoms with E-state index in [1.807, 2.05) is 10.7 Å². The van der Waals surface area contributed by atoms with Crippen molar-refractivity contribution in [1.82, 2.24) is 19.7 Å². The molecule has 2 aromatic rings. The molecular formula is C15H20N4O. The van der Waals surface area contributed by atoms with Crippen LogP contribution < -0.4 is 0 Å². The van der Waals surface area contributed by atoms with Gasteiger partial charge in [-0.05, 0) is 32.8 Å². The summed E-state index contributed by atoms with van der Waals surface area (Å²) in [5.41, 5.74) is 2.58. The summed E-state index contributed by atoms with van der Waals surface area (Å²) in [4.78, 5) is 18.8. The SMILES string of the molecule is CC(C)n1ncc2c(C(=O)N(C)C)cc(C3CC3)nc21. The van der Waals surface area contributed by atoms with E-state index in [9.17, 15) is 4.79 Å². The molecule has 0 spiro atoms. The van der Waals surface area contributed by atoms with Gasteiger partial charge in [-0.1, -0.05) is 0 Å². The lowest BCUT2D eigenvalue weighted by Crippen LogP contribution is -2.22. The van der Waals surface area contributed by atoms with Gasteiger partial charge in [0.1, 0.15) is 0 Å². The van der Waals surface area contributed by atoms with Gasteiger partial charge in [0, 0.05) is 31.7 Å². The lowest BCUT2D eigenvalue weighted by molar-refractivity contribution is 0.0829. The van der Waals surface area contributed by atoms with E-state index in [1.54, 1.807) is 25.2 Å². The van der Waals surface area contributed by atoms with E-state index in [4.69, 9.17) is 4.98 Å². The predicted molar refractivity (Wildman–Crippen MR) is 77.9 cm³/mol. The second kappa shape index (κ2) is 4.58. The van der Waals surface area contributed by atoms with E-state index in [2.05, 4.69) is 18.9 Å². The first kappa shape index (κ1) is 13.1. The second-order valence-electron chi connectivity index (χ2n) is 5.99. The Labute approximate surface area is 118 Å². The van der Waals surface area contributed by atoms with E-state index in [-0.39, 0.29) is 11.9 Å². The fourth-order valence-corrected chi connectivity index (χ4v) is 2.42. The normalized spacial score (nSPS) is 15.1. The number of rotatable bonds is 3. The summed E-state index contributed by atoms with van der Waals surface area (Å²) in [6.45, 7) is 4.15. The Hall–Kier alpha value is -1.91. The first-order chi connectivity index (χ1) is 9.49. The van der Waals surface area contributed by atoms with Gasteiger partial charge in [-0.15, -0.1) is 0 Å². The molecule has 106 valence electrons. The van der Waals surface area contributed by atoms with E-state index < -0.39 is 0 Å². The molecule has 5 heteroatoms. The van der Waals surface area contributed by atoms with Gasteiger partial charge < -0.3 is 4.90 Å². The van der Waals surface area contributed by atoms with E-state index >= 15 is 0 Å². The summed E-state index contributed by atoms with van der Waals surface area (Å²) in [6.07, 6.45) is 4.10. The van der Waals surface area contributed by atoms with Crippen molar-refractivity contribution in [3.05, 3.63) is 23.5 Å². The van der Waals surface area contributed by atoms with E-state index in [1.165, 1.54) is 12.8 Å². The summed E-state index contributed by atoms with van der Waals surface area (Å²) in [5.74, 6) is 0.534. The molecule has 0 aliphatic heterocycles. The number of hydrogen-bond acceptors (Lipinski definition) is 3. The molecule has 3 rings (SSSR count). The summed E-state index contributed by atoms with van der Waals surface area (Å²) in [6, 6.07) is 2.19. The predicted octanol–water partition coefficient (Wildman–Crippen LogP) is 2.59. The number of carbonyl (C=O) groups is 1. The molecule has 0 saturated heterocycles. The molecule has 5 nitrogen and oxygen atoms in total. The fraction of sp³-hybridized carbons (Fsp3) is 0.533. The zero-order valence-corrected chi connectivity index (χ0v) is 12.4. The van der Waals surface area contributed by atoms with Crippen LogP contribution in [0.1, 0.15) is 54.7 Å². The third-order valence-corrected chi connectivity index (χ3v) is 3.71. The average molecular weight is 272 g/mol. The molecule has 0 N–H and O–H groups in total. The Morgan fingerprint density at radius 3 is 2.65 bits per heavy atom. The Morgan fingerprint density at radius 2 is 2.10 bits per heavy atom. The molecule has 1 saturated carbocycles. The minimum Gasteiger partial charge on any atom is -0.345 e. The maximum atomic E-state index is 12.4. The first-order valence-electron chi connectivity index (χ1n) is 7.09. The Balaban J connectivity index is 2.24. The molecule has 1 amide bonds. The molecule has 1 fully saturated rings. The lowest BCUT2D eigenvalue weighted by atomic mass is 10.1. The van der Waals surface area contributed by atoms with Crippen LogP contribution in [0.15, 0.2) is 12.3 Å². The van der Waals surface area contributed by atoms with Crippen molar-refractivity contribution in [3.8, 4) is 0 Å². The number of nitrogens with zero attached hydrogens (tertiary/aromatic N) is 4. The Kier molecular flexibility index (Phi) is 3.00. The summed E-state index contributed by atoms with van der Waals surface area (Å²) in [5, 5.41) is 5.25. The topological polar surface area (TPSA) is 51.0 Å². The van der Waals surface area contributed by atoms with Crippen LogP contribution in [0.25, 0.3) is 11.0 Å². The van der Waals surface area contributed by atoms with Crippen molar-refractivity contribution in [2.24, 2.45) is 0 Å². The van der Waals surface area contributed by atoms with Gasteiger partial charge in [0.2, 0.25) is 0 Å². The fourth-order valence-electron chi connectivity index (χ4n) is 2.42. The molecule has 0 radical (unpaired) electrons. The minimum absolute atomic E-state index is 0.0163. The monoisotopic (exact) mass is 272 g/mol. The summed E-state index contributed by atoms with van der Waals surface area (Å²) >= 11 is 0. The third kappa shape index (κ3) is 2.07. The minimum atomic E-state index is 0.0163. The van der Waals surface area contributed by atoms with Crippen LogP contribution in [0.2, 0.25) is 0 Å². The molecule has 1 aliphatic carbocycles. The van der Waals surface area contributed by atoms with Crippen LogP contribution in [0.3, 0.4) is 0 Å². The number of hydrogen-bond donors (Lipinski definition) is 0. The van der Waals surface area contributed by atoms with Crippen molar-refractivity contribution in [2.45, 2.75) is 38.6 Å². The van der Waals surface area contributed by atoms with Crippen LogP contribution in [0, 0.1) is 0 Å². The molecule has 2 heterocycles. The average Bonchev–Trinajstić information content (AvgIpc) is 3.15. The third-order valence-electron chi connectivity index (χ3n) is 3.71. The van der Waals surface area contributed by atoms with Gasteiger partial charge in [-0.25, -0.2) is 9.67 Å². The van der Waals surface area contributed by atoms with Crippen LogP contribution >= 0.6 is 0 Å². The number of pyridine rings is 1. The van der Waals surface area contributed by atoms with Crippen LogP contribution in [0.5, 0.6) is 0 Å². The molecule has 20 heavy (non-hydrogen) atoms. The smallest absolute Gasteiger partial charge is 0.254 e.